The molecule has 1 amide bonds. The van der Waals surface area contributed by atoms with Gasteiger partial charge in [0, 0.05) is 53.3 Å². The first-order chi connectivity index (χ1) is 17.4. The summed E-state index contributed by atoms with van der Waals surface area (Å²) in [4.78, 5) is 20.5. The van der Waals surface area contributed by atoms with Gasteiger partial charge < -0.3 is 15.1 Å². The van der Waals surface area contributed by atoms with Crippen molar-refractivity contribution in [2.45, 2.75) is 55.9 Å². The zero-order chi connectivity index (χ0) is 25.2. The number of aryl methyl sites for hydroxylation is 3. The Kier molecular flexibility index (Phi) is 7.40. The van der Waals surface area contributed by atoms with E-state index >= 15 is 0 Å². The Balaban J connectivity index is 1.26. The second kappa shape index (κ2) is 10.7. The molecule has 188 valence electrons. The number of rotatable bonds is 5. The highest BCUT2D eigenvalue weighted by Crippen LogP contribution is 2.34. The number of piperazine rings is 1. The summed E-state index contributed by atoms with van der Waals surface area (Å²) < 4.78 is 0. The maximum atomic E-state index is 13.1. The van der Waals surface area contributed by atoms with Crippen molar-refractivity contribution < 1.29 is 4.79 Å². The number of carbonyl (C=O) groups excluding carboxylic acids is 1. The number of hydrogen-bond donors (Lipinski definition) is 1. The van der Waals surface area contributed by atoms with E-state index in [0.717, 1.165) is 55.9 Å². The van der Waals surface area contributed by atoms with Crippen molar-refractivity contribution in [3.8, 4) is 0 Å². The molecule has 3 aromatic carbocycles. The van der Waals surface area contributed by atoms with Crippen LogP contribution in [0.15, 0.2) is 64.4 Å². The predicted octanol–water partition coefficient (Wildman–Crippen LogP) is 5.80. The van der Waals surface area contributed by atoms with Crippen LogP contribution in [0.1, 0.15) is 44.6 Å². The number of benzene rings is 3. The van der Waals surface area contributed by atoms with Crippen LogP contribution >= 0.6 is 11.8 Å². The van der Waals surface area contributed by atoms with Gasteiger partial charge >= 0.3 is 0 Å². The van der Waals surface area contributed by atoms with E-state index < -0.39 is 0 Å². The highest BCUT2D eigenvalue weighted by Gasteiger charge is 2.27. The van der Waals surface area contributed by atoms with Crippen LogP contribution in [0.4, 0.5) is 5.69 Å². The van der Waals surface area contributed by atoms with Crippen LogP contribution in [0.3, 0.4) is 0 Å². The molecule has 36 heavy (non-hydrogen) atoms. The minimum absolute atomic E-state index is 0.0281. The van der Waals surface area contributed by atoms with E-state index in [1.807, 2.05) is 12.1 Å². The molecule has 0 aromatic heterocycles. The van der Waals surface area contributed by atoms with E-state index in [0.29, 0.717) is 0 Å². The summed E-state index contributed by atoms with van der Waals surface area (Å²) >= 11 is 1.75. The number of hydrogen-bond acceptors (Lipinski definition) is 4. The first-order valence-electron chi connectivity index (χ1n) is 13.1. The smallest absolute Gasteiger partial charge is 0.251 e. The molecular weight excluding hydrogens is 462 g/mol. The molecule has 3 aromatic rings. The molecule has 1 heterocycles. The first-order valence-corrected chi connectivity index (χ1v) is 13.9. The molecule has 5 rings (SSSR count). The van der Waals surface area contributed by atoms with Crippen molar-refractivity contribution in [2.24, 2.45) is 0 Å². The minimum atomic E-state index is 0.0281. The van der Waals surface area contributed by atoms with E-state index in [4.69, 9.17) is 0 Å². The van der Waals surface area contributed by atoms with Crippen molar-refractivity contribution >= 4 is 23.4 Å². The van der Waals surface area contributed by atoms with E-state index in [-0.39, 0.29) is 11.9 Å². The lowest BCUT2D eigenvalue weighted by atomic mass is 9.84. The summed E-state index contributed by atoms with van der Waals surface area (Å²) in [6.07, 6.45) is 2.93. The fraction of sp³-hybridized carbons (Fsp3) is 0.387. The van der Waals surface area contributed by atoms with Crippen LogP contribution in [-0.2, 0) is 12.8 Å². The van der Waals surface area contributed by atoms with Crippen LogP contribution in [-0.4, -0.2) is 50.1 Å². The first kappa shape index (κ1) is 24.9. The van der Waals surface area contributed by atoms with Gasteiger partial charge in [0.15, 0.2) is 0 Å². The lowest BCUT2D eigenvalue weighted by Gasteiger charge is -2.37. The summed E-state index contributed by atoms with van der Waals surface area (Å²) in [5.74, 6) is 0.0281. The Morgan fingerprint density at radius 1 is 0.889 bits per heavy atom. The van der Waals surface area contributed by atoms with Crippen LogP contribution in [0.25, 0.3) is 0 Å². The fourth-order valence-electron chi connectivity index (χ4n) is 5.49. The number of nitrogens with zero attached hydrogens (tertiary/aromatic N) is 2. The van der Waals surface area contributed by atoms with Gasteiger partial charge in [0.05, 0.1) is 0 Å². The average molecular weight is 500 g/mol. The van der Waals surface area contributed by atoms with Crippen molar-refractivity contribution in [3.63, 3.8) is 0 Å². The summed E-state index contributed by atoms with van der Waals surface area (Å²) in [5.41, 5.74) is 8.97. The van der Waals surface area contributed by atoms with Crippen molar-refractivity contribution in [3.05, 3.63) is 88.0 Å². The molecule has 1 aliphatic carbocycles. The SMILES string of the molecule is Cc1ccc(Sc2ccc(C(=O)N[C@H]3CCc4c(C)ccc(N5CCN(C)CC5)c4C3)cc2)c(C)c1. The molecule has 0 saturated carbocycles. The van der Waals surface area contributed by atoms with Gasteiger partial charge in [-0.1, -0.05) is 35.5 Å². The number of carbonyl (C=O) groups is 1. The quantitative estimate of drug-likeness (QED) is 0.481. The Bertz CT molecular complexity index is 1250. The maximum absolute atomic E-state index is 13.1. The second-order valence-electron chi connectivity index (χ2n) is 10.5. The van der Waals surface area contributed by atoms with Gasteiger partial charge in [-0.25, -0.2) is 0 Å². The molecule has 1 aliphatic heterocycles. The average Bonchev–Trinajstić information content (AvgIpc) is 2.87. The monoisotopic (exact) mass is 499 g/mol. The molecule has 1 atom stereocenters. The van der Waals surface area contributed by atoms with Crippen molar-refractivity contribution in [1.29, 1.82) is 0 Å². The Labute approximate surface area is 220 Å². The summed E-state index contributed by atoms with van der Waals surface area (Å²) in [5, 5.41) is 3.34. The maximum Gasteiger partial charge on any atom is 0.251 e. The lowest BCUT2D eigenvalue weighted by molar-refractivity contribution is 0.0933. The van der Waals surface area contributed by atoms with Gasteiger partial charge in [-0.3, -0.25) is 4.79 Å². The summed E-state index contributed by atoms with van der Waals surface area (Å²) in [6.45, 7) is 10.8. The normalized spacial score (nSPS) is 18.1. The van der Waals surface area contributed by atoms with E-state index in [2.05, 4.69) is 85.4 Å². The minimum Gasteiger partial charge on any atom is -0.369 e. The van der Waals surface area contributed by atoms with Gasteiger partial charge in [0.25, 0.3) is 5.91 Å². The van der Waals surface area contributed by atoms with Gasteiger partial charge in [-0.2, -0.15) is 0 Å². The third-order valence-electron chi connectivity index (χ3n) is 7.69. The number of amides is 1. The van der Waals surface area contributed by atoms with E-state index in [1.165, 1.54) is 38.4 Å². The molecular formula is C31H37N3OS. The number of nitrogens with one attached hydrogen (secondary N) is 1. The van der Waals surface area contributed by atoms with Crippen LogP contribution < -0.4 is 10.2 Å². The van der Waals surface area contributed by atoms with E-state index in [9.17, 15) is 4.79 Å². The Morgan fingerprint density at radius 3 is 2.36 bits per heavy atom. The molecule has 1 fully saturated rings. The molecule has 0 spiro atoms. The van der Waals surface area contributed by atoms with Crippen LogP contribution in [0.5, 0.6) is 0 Å². The summed E-state index contributed by atoms with van der Waals surface area (Å²) in [6, 6.07) is 19.3. The summed E-state index contributed by atoms with van der Waals surface area (Å²) in [7, 11) is 2.20. The Morgan fingerprint density at radius 2 is 1.64 bits per heavy atom. The van der Waals surface area contributed by atoms with E-state index in [1.54, 1.807) is 11.8 Å². The third kappa shape index (κ3) is 5.47. The highest BCUT2D eigenvalue weighted by atomic mass is 32.2. The topological polar surface area (TPSA) is 35.6 Å². The van der Waals surface area contributed by atoms with Crippen LogP contribution in [0.2, 0.25) is 0 Å². The number of fused-ring (bicyclic) bond motifs is 1. The van der Waals surface area contributed by atoms with Gasteiger partial charge in [-0.15, -0.1) is 0 Å². The third-order valence-corrected chi connectivity index (χ3v) is 8.87. The molecule has 0 unspecified atom stereocenters. The molecule has 4 nitrogen and oxygen atoms in total. The van der Waals surface area contributed by atoms with Gasteiger partial charge in [-0.05, 0) is 106 Å². The molecule has 1 N–H and O–H groups in total. The molecule has 0 bridgehead atoms. The lowest BCUT2D eigenvalue weighted by Crippen LogP contribution is -2.45. The van der Waals surface area contributed by atoms with Gasteiger partial charge in [0.1, 0.15) is 0 Å². The predicted molar refractivity (Wildman–Crippen MR) is 151 cm³/mol. The van der Waals surface area contributed by atoms with Gasteiger partial charge in [0.2, 0.25) is 0 Å². The number of likely N-dealkylation sites (N-methyl/N-ethyl adjacent to an activating group) is 1. The zero-order valence-corrected chi connectivity index (χ0v) is 22.8. The molecule has 0 radical (unpaired) electrons. The molecule has 5 heteroatoms. The number of anilines is 1. The van der Waals surface area contributed by atoms with Crippen LogP contribution in [0, 0.1) is 20.8 Å². The molecule has 1 saturated heterocycles. The second-order valence-corrected chi connectivity index (χ2v) is 11.6. The van der Waals surface area contributed by atoms with Crippen molar-refractivity contribution in [1.82, 2.24) is 10.2 Å². The Hall–Kier alpha value is -2.76. The van der Waals surface area contributed by atoms with Crippen molar-refractivity contribution in [2.75, 3.05) is 38.1 Å². The zero-order valence-electron chi connectivity index (χ0n) is 21.9. The largest absolute Gasteiger partial charge is 0.369 e. The standard InChI is InChI=1S/C31H37N3OS/c1-21-5-14-30(23(3)19-21)36-26-10-7-24(8-11-26)31(35)32-25-9-12-27-22(2)6-13-29(28(27)20-25)34-17-15-33(4)16-18-34/h5-8,10-11,13-14,19,25H,9,12,15-18,20H2,1-4H3,(H,32,35)/t25-/m0/s1. The molecule has 2 aliphatic rings. The fourth-order valence-corrected chi connectivity index (χ4v) is 6.37. The highest BCUT2D eigenvalue weighted by molar-refractivity contribution is 7.99.